The van der Waals surface area contributed by atoms with Crippen molar-refractivity contribution in [1.82, 2.24) is 24.8 Å². The van der Waals surface area contributed by atoms with Gasteiger partial charge in [0.2, 0.25) is 0 Å². The summed E-state index contributed by atoms with van der Waals surface area (Å²) >= 11 is 3.57. The van der Waals surface area contributed by atoms with Crippen molar-refractivity contribution in [2.75, 3.05) is 6.54 Å². The molecule has 1 aliphatic heterocycles. The first-order valence-corrected chi connectivity index (χ1v) is 8.65. The number of pyridine rings is 2. The van der Waals surface area contributed by atoms with E-state index in [4.69, 9.17) is 4.98 Å². The quantitative estimate of drug-likeness (QED) is 0.696. The maximum atomic E-state index is 4.75. The zero-order chi connectivity index (χ0) is 16.4. The molecule has 4 rings (SSSR count). The van der Waals surface area contributed by atoms with Gasteiger partial charge in [0.25, 0.3) is 0 Å². The number of hydrogen-bond donors (Lipinski definition) is 0. The average molecular weight is 382 g/mol. The van der Waals surface area contributed by atoms with E-state index in [1.165, 1.54) is 11.1 Å². The smallest absolute Gasteiger partial charge is 0.160 e. The molecule has 0 bridgehead atoms. The van der Waals surface area contributed by atoms with Gasteiger partial charge < -0.3 is 0 Å². The van der Waals surface area contributed by atoms with E-state index in [9.17, 15) is 0 Å². The SMILES string of the molecule is Brc1cnccc1CN1CCc2nc(-c3cccnc3)ncc2C1. The Morgan fingerprint density at radius 3 is 2.83 bits per heavy atom. The van der Waals surface area contributed by atoms with Gasteiger partial charge in [-0.05, 0) is 39.7 Å². The van der Waals surface area contributed by atoms with Gasteiger partial charge >= 0.3 is 0 Å². The summed E-state index contributed by atoms with van der Waals surface area (Å²) < 4.78 is 1.05. The summed E-state index contributed by atoms with van der Waals surface area (Å²) in [5.74, 6) is 0.757. The van der Waals surface area contributed by atoms with Crippen LogP contribution in [0.2, 0.25) is 0 Å². The molecular weight excluding hydrogens is 366 g/mol. The van der Waals surface area contributed by atoms with Crippen LogP contribution in [0, 0.1) is 0 Å². The summed E-state index contributed by atoms with van der Waals surface area (Å²) in [5, 5.41) is 0. The second kappa shape index (κ2) is 6.75. The van der Waals surface area contributed by atoms with Crippen LogP contribution in [0.25, 0.3) is 11.4 Å². The minimum absolute atomic E-state index is 0.757. The summed E-state index contributed by atoms with van der Waals surface area (Å²) in [5.41, 5.74) is 4.57. The van der Waals surface area contributed by atoms with Crippen LogP contribution < -0.4 is 0 Å². The lowest BCUT2D eigenvalue weighted by molar-refractivity contribution is 0.242. The summed E-state index contributed by atoms with van der Waals surface area (Å²) in [6.45, 7) is 2.76. The molecule has 0 saturated carbocycles. The second-order valence-electron chi connectivity index (χ2n) is 5.83. The number of rotatable bonds is 3. The van der Waals surface area contributed by atoms with Gasteiger partial charge in [0.1, 0.15) is 0 Å². The highest BCUT2D eigenvalue weighted by Crippen LogP contribution is 2.23. The first-order valence-electron chi connectivity index (χ1n) is 7.85. The number of fused-ring (bicyclic) bond motifs is 1. The third-order valence-corrected chi connectivity index (χ3v) is 4.90. The Morgan fingerprint density at radius 1 is 1.08 bits per heavy atom. The van der Waals surface area contributed by atoms with Crippen molar-refractivity contribution in [1.29, 1.82) is 0 Å². The minimum Gasteiger partial charge on any atom is -0.294 e. The lowest BCUT2D eigenvalue weighted by atomic mass is 10.1. The van der Waals surface area contributed by atoms with Crippen LogP contribution in [-0.2, 0) is 19.5 Å². The van der Waals surface area contributed by atoms with Crippen molar-refractivity contribution < 1.29 is 0 Å². The highest BCUT2D eigenvalue weighted by Gasteiger charge is 2.19. The van der Waals surface area contributed by atoms with Gasteiger partial charge in [-0.15, -0.1) is 0 Å². The molecule has 3 aromatic rings. The molecule has 0 amide bonds. The molecule has 120 valence electrons. The Bertz CT molecular complexity index is 853. The van der Waals surface area contributed by atoms with Crippen LogP contribution in [-0.4, -0.2) is 31.4 Å². The van der Waals surface area contributed by atoms with Crippen LogP contribution in [0.5, 0.6) is 0 Å². The summed E-state index contributed by atoms with van der Waals surface area (Å²) in [4.78, 5) is 19.9. The van der Waals surface area contributed by atoms with Crippen LogP contribution in [0.15, 0.2) is 53.7 Å². The third-order valence-electron chi connectivity index (χ3n) is 4.18. The van der Waals surface area contributed by atoms with Gasteiger partial charge in [-0.2, -0.15) is 0 Å². The fraction of sp³-hybridized carbons (Fsp3) is 0.222. The Morgan fingerprint density at radius 2 is 2.00 bits per heavy atom. The predicted octanol–water partition coefficient (Wildman–Crippen LogP) is 3.25. The Labute approximate surface area is 149 Å². The van der Waals surface area contributed by atoms with Crippen molar-refractivity contribution >= 4 is 15.9 Å². The molecule has 0 aromatic carbocycles. The lowest BCUT2D eigenvalue weighted by Crippen LogP contribution is -2.31. The molecule has 4 heterocycles. The van der Waals surface area contributed by atoms with E-state index in [0.29, 0.717) is 0 Å². The van der Waals surface area contributed by atoms with E-state index in [0.717, 1.165) is 47.6 Å². The molecule has 0 radical (unpaired) electrons. The second-order valence-corrected chi connectivity index (χ2v) is 6.69. The molecule has 5 nitrogen and oxygen atoms in total. The molecular formula is C18H16BrN5. The third kappa shape index (κ3) is 3.20. The number of aromatic nitrogens is 4. The van der Waals surface area contributed by atoms with E-state index in [1.54, 1.807) is 12.4 Å². The fourth-order valence-corrected chi connectivity index (χ4v) is 3.29. The lowest BCUT2D eigenvalue weighted by Gasteiger charge is -2.28. The molecule has 1 aliphatic rings. The highest BCUT2D eigenvalue weighted by molar-refractivity contribution is 9.10. The highest BCUT2D eigenvalue weighted by atomic mass is 79.9. The average Bonchev–Trinajstić information content (AvgIpc) is 2.64. The first-order chi connectivity index (χ1) is 11.8. The molecule has 6 heteroatoms. The van der Waals surface area contributed by atoms with Crippen LogP contribution in [0.4, 0.5) is 0 Å². The molecule has 3 aromatic heterocycles. The number of hydrogen-bond acceptors (Lipinski definition) is 5. The molecule has 0 spiro atoms. The molecule has 0 N–H and O–H groups in total. The molecule has 0 atom stereocenters. The van der Waals surface area contributed by atoms with Crippen molar-refractivity contribution in [2.45, 2.75) is 19.5 Å². The van der Waals surface area contributed by atoms with Crippen LogP contribution in [0.1, 0.15) is 16.8 Å². The molecule has 24 heavy (non-hydrogen) atoms. The Hall–Kier alpha value is -2.18. The largest absolute Gasteiger partial charge is 0.294 e. The first kappa shape index (κ1) is 15.4. The van der Waals surface area contributed by atoms with Crippen LogP contribution in [0.3, 0.4) is 0 Å². The van der Waals surface area contributed by atoms with E-state index in [2.05, 4.69) is 41.8 Å². The predicted molar refractivity (Wildman–Crippen MR) is 95.0 cm³/mol. The Kier molecular flexibility index (Phi) is 4.32. The van der Waals surface area contributed by atoms with Gasteiger partial charge in [0.05, 0.1) is 5.69 Å². The topological polar surface area (TPSA) is 54.8 Å². The van der Waals surface area contributed by atoms with E-state index < -0.39 is 0 Å². The summed E-state index contributed by atoms with van der Waals surface area (Å²) in [6, 6.07) is 5.96. The zero-order valence-electron chi connectivity index (χ0n) is 13.1. The van der Waals surface area contributed by atoms with E-state index in [1.807, 2.05) is 30.7 Å². The summed E-state index contributed by atoms with van der Waals surface area (Å²) in [6.07, 6.45) is 10.1. The van der Waals surface area contributed by atoms with Gasteiger partial charge in [0.15, 0.2) is 5.82 Å². The monoisotopic (exact) mass is 381 g/mol. The standard InChI is InChI=1S/C18H16BrN5/c19-16-10-21-6-3-14(16)11-24-7-4-17-15(12-24)9-22-18(23-17)13-2-1-5-20-8-13/h1-3,5-6,8-10H,4,7,11-12H2. The summed E-state index contributed by atoms with van der Waals surface area (Å²) in [7, 11) is 0. The van der Waals surface area contributed by atoms with Crippen molar-refractivity contribution in [3.8, 4) is 11.4 Å². The minimum atomic E-state index is 0.757. The maximum absolute atomic E-state index is 4.75. The molecule has 0 saturated heterocycles. The maximum Gasteiger partial charge on any atom is 0.160 e. The normalized spacial score (nSPS) is 14.4. The van der Waals surface area contributed by atoms with Gasteiger partial charge in [-0.1, -0.05) is 0 Å². The van der Waals surface area contributed by atoms with Crippen molar-refractivity contribution in [2.24, 2.45) is 0 Å². The fourth-order valence-electron chi connectivity index (χ4n) is 2.92. The van der Waals surface area contributed by atoms with E-state index >= 15 is 0 Å². The van der Waals surface area contributed by atoms with Crippen LogP contribution >= 0.6 is 15.9 Å². The zero-order valence-corrected chi connectivity index (χ0v) is 14.6. The van der Waals surface area contributed by atoms with Gasteiger partial charge in [0, 0.05) is 72.6 Å². The molecule has 0 unspecified atom stereocenters. The van der Waals surface area contributed by atoms with Gasteiger partial charge in [-0.25, -0.2) is 9.97 Å². The Balaban J connectivity index is 1.53. The molecule has 0 aliphatic carbocycles. The molecule has 0 fully saturated rings. The van der Waals surface area contributed by atoms with Crippen molar-refractivity contribution in [3.63, 3.8) is 0 Å². The van der Waals surface area contributed by atoms with Crippen molar-refractivity contribution in [3.05, 3.63) is 70.5 Å². The number of halogens is 1. The van der Waals surface area contributed by atoms with E-state index in [-0.39, 0.29) is 0 Å². The number of nitrogens with zero attached hydrogens (tertiary/aromatic N) is 5. The van der Waals surface area contributed by atoms with Gasteiger partial charge in [-0.3, -0.25) is 14.9 Å².